The molecule has 24 heavy (non-hydrogen) atoms. The molecule has 1 fully saturated rings. The summed E-state index contributed by atoms with van der Waals surface area (Å²) in [4.78, 5) is 49.1. The molecule has 0 radical (unpaired) electrons. The number of imide groups is 1. The maximum Gasteiger partial charge on any atom is 0.326 e. The quantitative estimate of drug-likeness (QED) is 0.604. The highest BCUT2D eigenvalue weighted by atomic mass is 35.5. The SMILES string of the molecule is O=C(CN1C(=O)c2cc(Cl)c(Cl)cc2C1=O)O[C@@H]1CCCCC1=O. The van der Waals surface area contributed by atoms with Crippen molar-refractivity contribution in [2.45, 2.75) is 31.8 Å². The molecule has 1 aromatic carbocycles. The van der Waals surface area contributed by atoms with Crippen LogP contribution >= 0.6 is 23.2 Å². The number of hydrogen-bond donors (Lipinski definition) is 0. The minimum absolute atomic E-state index is 0.0935. The first-order chi connectivity index (χ1) is 11.4. The monoisotopic (exact) mass is 369 g/mol. The molecule has 2 aliphatic rings. The zero-order chi connectivity index (χ0) is 17.4. The molecular weight excluding hydrogens is 357 g/mol. The summed E-state index contributed by atoms with van der Waals surface area (Å²) in [5.41, 5.74) is 0.187. The lowest BCUT2D eigenvalue weighted by atomic mass is 9.96. The van der Waals surface area contributed by atoms with E-state index in [4.69, 9.17) is 27.9 Å². The fourth-order valence-electron chi connectivity index (χ4n) is 2.83. The van der Waals surface area contributed by atoms with Crippen LogP contribution in [0.2, 0.25) is 10.0 Å². The van der Waals surface area contributed by atoms with Gasteiger partial charge in [-0.05, 0) is 31.4 Å². The van der Waals surface area contributed by atoms with Crippen molar-refractivity contribution >= 4 is 46.8 Å². The molecular formula is C16H13Cl2NO5. The number of nitrogens with zero attached hydrogens (tertiary/aromatic N) is 1. The van der Waals surface area contributed by atoms with Crippen LogP contribution in [0.15, 0.2) is 12.1 Å². The highest BCUT2D eigenvalue weighted by Gasteiger charge is 2.38. The third-order valence-electron chi connectivity index (χ3n) is 4.07. The molecule has 0 unspecified atom stereocenters. The van der Waals surface area contributed by atoms with Crippen molar-refractivity contribution in [3.8, 4) is 0 Å². The van der Waals surface area contributed by atoms with E-state index in [2.05, 4.69) is 0 Å². The maximum absolute atomic E-state index is 12.3. The smallest absolute Gasteiger partial charge is 0.326 e. The molecule has 1 aliphatic carbocycles. The zero-order valence-corrected chi connectivity index (χ0v) is 14.0. The van der Waals surface area contributed by atoms with Gasteiger partial charge in [0.25, 0.3) is 11.8 Å². The van der Waals surface area contributed by atoms with Gasteiger partial charge in [-0.1, -0.05) is 23.2 Å². The summed E-state index contributed by atoms with van der Waals surface area (Å²) in [6.45, 7) is -0.550. The zero-order valence-electron chi connectivity index (χ0n) is 12.5. The molecule has 3 rings (SSSR count). The highest BCUT2D eigenvalue weighted by molar-refractivity contribution is 6.43. The number of ketones is 1. The van der Waals surface area contributed by atoms with E-state index in [-0.39, 0.29) is 27.0 Å². The summed E-state index contributed by atoms with van der Waals surface area (Å²) >= 11 is 11.7. The number of Topliss-reactive ketones (excluding diaryl/α,β-unsaturated/α-hetero) is 1. The molecule has 0 N–H and O–H groups in total. The second-order valence-corrected chi connectivity index (χ2v) is 6.51. The molecule has 0 spiro atoms. The number of rotatable bonds is 3. The van der Waals surface area contributed by atoms with Crippen LogP contribution in [0.4, 0.5) is 0 Å². The summed E-state index contributed by atoms with van der Waals surface area (Å²) in [5, 5.41) is 0.294. The Morgan fingerprint density at radius 1 is 1.08 bits per heavy atom. The molecule has 1 aliphatic heterocycles. The molecule has 0 saturated heterocycles. The summed E-state index contributed by atoms with van der Waals surface area (Å²) < 4.78 is 5.12. The van der Waals surface area contributed by atoms with Gasteiger partial charge in [0.05, 0.1) is 21.2 Å². The minimum atomic E-state index is -0.790. The summed E-state index contributed by atoms with van der Waals surface area (Å²) in [6.07, 6.45) is 1.64. The Morgan fingerprint density at radius 3 is 2.21 bits per heavy atom. The van der Waals surface area contributed by atoms with Crippen LogP contribution in [0, 0.1) is 0 Å². The van der Waals surface area contributed by atoms with Gasteiger partial charge in [-0.25, -0.2) is 0 Å². The average Bonchev–Trinajstić information content (AvgIpc) is 2.75. The van der Waals surface area contributed by atoms with Crippen molar-refractivity contribution in [1.82, 2.24) is 4.90 Å². The van der Waals surface area contributed by atoms with Crippen molar-refractivity contribution in [3.63, 3.8) is 0 Å². The van der Waals surface area contributed by atoms with Gasteiger partial charge < -0.3 is 4.74 Å². The van der Waals surface area contributed by atoms with E-state index in [1.54, 1.807) is 0 Å². The fraction of sp³-hybridized carbons (Fsp3) is 0.375. The lowest BCUT2D eigenvalue weighted by Crippen LogP contribution is -2.39. The Labute approximate surface area is 147 Å². The number of esters is 1. The van der Waals surface area contributed by atoms with E-state index in [1.165, 1.54) is 12.1 Å². The molecule has 0 aromatic heterocycles. The molecule has 1 saturated carbocycles. The molecule has 8 heteroatoms. The van der Waals surface area contributed by atoms with Gasteiger partial charge in [0.15, 0.2) is 11.9 Å². The number of hydrogen-bond acceptors (Lipinski definition) is 5. The Kier molecular flexibility index (Phi) is 4.60. The van der Waals surface area contributed by atoms with Crippen molar-refractivity contribution in [1.29, 1.82) is 0 Å². The van der Waals surface area contributed by atoms with Gasteiger partial charge in [-0.15, -0.1) is 0 Å². The number of ether oxygens (including phenoxy) is 1. The van der Waals surface area contributed by atoms with Crippen LogP contribution in [0.25, 0.3) is 0 Å². The predicted molar refractivity (Wildman–Crippen MR) is 85.2 cm³/mol. The Morgan fingerprint density at radius 2 is 1.67 bits per heavy atom. The largest absolute Gasteiger partial charge is 0.453 e. The van der Waals surface area contributed by atoms with E-state index in [9.17, 15) is 19.2 Å². The van der Waals surface area contributed by atoms with Crippen molar-refractivity contribution in [3.05, 3.63) is 33.3 Å². The molecule has 0 bridgehead atoms. The maximum atomic E-state index is 12.3. The number of halogens is 2. The molecule has 1 heterocycles. The third kappa shape index (κ3) is 3.03. The van der Waals surface area contributed by atoms with Gasteiger partial charge >= 0.3 is 5.97 Å². The Hall–Kier alpha value is -1.92. The third-order valence-corrected chi connectivity index (χ3v) is 4.79. The normalized spacial score (nSPS) is 20.3. The number of carbonyl (C=O) groups excluding carboxylic acids is 4. The molecule has 126 valence electrons. The standard InChI is InChI=1S/C16H13Cl2NO5/c17-10-5-8-9(6-11(10)18)16(23)19(15(8)22)7-14(21)24-13-4-2-1-3-12(13)20/h5-6,13H,1-4,7H2/t13-/m1/s1. The van der Waals surface area contributed by atoms with Crippen LogP contribution in [-0.2, 0) is 14.3 Å². The number of fused-ring (bicyclic) bond motifs is 1. The Bertz CT molecular complexity index is 720. The Balaban J connectivity index is 1.72. The lowest BCUT2D eigenvalue weighted by molar-refractivity contribution is -0.156. The first-order valence-electron chi connectivity index (χ1n) is 7.46. The molecule has 6 nitrogen and oxygen atoms in total. The van der Waals surface area contributed by atoms with Crippen molar-refractivity contribution in [2.75, 3.05) is 6.54 Å². The number of benzene rings is 1. The van der Waals surface area contributed by atoms with Gasteiger partial charge in [-0.3, -0.25) is 24.1 Å². The number of amides is 2. The van der Waals surface area contributed by atoms with Crippen LogP contribution in [0.5, 0.6) is 0 Å². The average molecular weight is 370 g/mol. The van der Waals surface area contributed by atoms with E-state index in [0.29, 0.717) is 12.8 Å². The van der Waals surface area contributed by atoms with Crippen molar-refractivity contribution < 1.29 is 23.9 Å². The van der Waals surface area contributed by atoms with Crippen LogP contribution in [0.3, 0.4) is 0 Å². The predicted octanol–water partition coefficient (Wildman–Crippen LogP) is 2.64. The van der Waals surface area contributed by atoms with E-state index >= 15 is 0 Å². The van der Waals surface area contributed by atoms with Crippen LogP contribution in [0.1, 0.15) is 46.4 Å². The van der Waals surface area contributed by atoms with E-state index in [1.807, 2.05) is 0 Å². The lowest BCUT2D eigenvalue weighted by Gasteiger charge is -2.21. The van der Waals surface area contributed by atoms with Crippen molar-refractivity contribution in [2.24, 2.45) is 0 Å². The van der Waals surface area contributed by atoms with Gasteiger partial charge in [0, 0.05) is 6.42 Å². The van der Waals surface area contributed by atoms with Gasteiger partial charge in [0.2, 0.25) is 0 Å². The minimum Gasteiger partial charge on any atom is -0.453 e. The van der Waals surface area contributed by atoms with E-state index < -0.39 is 30.4 Å². The molecule has 2 amide bonds. The second kappa shape index (κ2) is 6.53. The second-order valence-electron chi connectivity index (χ2n) is 5.70. The summed E-state index contributed by atoms with van der Waals surface area (Å²) in [5.74, 6) is -2.20. The fourth-order valence-corrected chi connectivity index (χ4v) is 3.16. The van der Waals surface area contributed by atoms with Crippen LogP contribution in [-0.4, -0.2) is 41.1 Å². The highest BCUT2D eigenvalue weighted by Crippen LogP contribution is 2.31. The van der Waals surface area contributed by atoms with Gasteiger partial charge in [0.1, 0.15) is 6.54 Å². The summed E-state index contributed by atoms with van der Waals surface area (Å²) in [7, 11) is 0. The summed E-state index contributed by atoms with van der Waals surface area (Å²) in [6, 6.07) is 2.60. The number of carbonyl (C=O) groups is 4. The molecule has 1 atom stereocenters. The molecule has 1 aromatic rings. The van der Waals surface area contributed by atoms with Crippen LogP contribution < -0.4 is 0 Å². The van der Waals surface area contributed by atoms with E-state index in [0.717, 1.165) is 17.7 Å². The first-order valence-corrected chi connectivity index (χ1v) is 8.21. The first kappa shape index (κ1) is 16.9. The topological polar surface area (TPSA) is 80.8 Å². The van der Waals surface area contributed by atoms with Gasteiger partial charge in [-0.2, -0.15) is 0 Å².